The van der Waals surface area contributed by atoms with Crippen LogP contribution >= 0.6 is 51.5 Å². The molecule has 0 saturated carbocycles. The van der Waals surface area contributed by atoms with Gasteiger partial charge in [0.05, 0.1) is 70.8 Å². The number of hydrogen-bond acceptors (Lipinski definition) is 42. The second-order valence-corrected chi connectivity index (χ2v) is 50.1. The van der Waals surface area contributed by atoms with E-state index >= 15 is 17.6 Å². The number of aromatic nitrogens is 18. The van der Waals surface area contributed by atoms with Crippen molar-refractivity contribution in [3.63, 3.8) is 0 Å². The second kappa shape index (κ2) is 36.6. The average Bonchev–Trinajstić information content (AvgIpc) is 1.60. The van der Waals surface area contributed by atoms with Gasteiger partial charge in [0, 0.05) is 83.2 Å². The van der Waals surface area contributed by atoms with Crippen LogP contribution in [0.4, 0.5) is 52.5 Å². The van der Waals surface area contributed by atoms with Gasteiger partial charge >= 0.3 is 33.6 Å². The van der Waals surface area contributed by atoms with Crippen molar-refractivity contribution in [1.29, 1.82) is 0 Å². The largest absolute Gasteiger partial charge is 0.398 e. The third-order valence-electron chi connectivity index (χ3n) is 22.3. The van der Waals surface area contributed by atoms with E-state index in [1.54, 1.807) is 48.8 Å². The number of nitrogen functional groups attached to an aromatic ring is 6. The molecule has 9 saturated heterocycles. The molecule has 0 aromatic carbocycles. The van der Waals surface area contributed by atoms with Crippen LogP contribution in [0.2, 0.25) is 0 Å². The van der Waals surface area contributed by atoms with Crippen molar-refractivity contribution in [2.45, 2.75) is 148 Å². The third kappa shape index (κ3) is 19.0. The Kier molecular flexibility index (Phi) is 26.1. The molecule has 0 amide bonds. The van der Waals surface area contributed by atoms with E-state index in [4.69, 9.17) is 188 Å². The van der Waals surface area contributed by atoms with Crippen molar-refractivity contribution < 1.29 is 125 Å². The van der Waals surface area contributed by atoms with Crippen LogP contribution < -0.4 is 51.1 Å². The molecule has 28 atom stereocenters. The lowest BCUT2D eigenvalue weighted by Crippen LogP contribution is -2.34. The van der Waals surface area contributed by atoms with Crippen LogP contribution in [0.15, 0.2) is 107 Å². The summed E-state index contributed by atoms with van der Waals surface area (Å²) >= 11 is 36.2. The molecule has 20 N–H and O–H groups in total. The molecule has 9 fully saturated rings. The number of fused-ring (bicyclic) bond motifs is 15. The molecule has 21 heterocycles. The topological polar surface area (TPSA) is 668 Å². The van der Waals surface area contributed by atoms with Gasteiger partial charge in [-0.1, -0.05) is 12.2 Å². The van der Waals surface area contributed by atoms with Gasteiger partial charge in [-0.05, 0) is 107 Å². The summed E-state index contributed by atoms with van der Waals surface area (Å²) in [7, 11) is 0. The van der Waals surface area contributed by atoms with Crippen molar-refractivity contribution in [2.75, 3.05) is 74.0 Å². The van der Waals surface area contributed by atoms with Gasteiger partial charge in [-0.3, -0.25) is 61.1 Å². The van der Waals surface area contributed by atoms with Crippen LogP contribution in [0.25, 0.3) is 66.6 Å². The number of H-pyrrole nitrogens is 3. The first-order chi connectivity index (χ1) is 63.1. The van der Waals surface area contributed by atoms with Gasteiger partial charge in [-0.25, -0.2) is 47.5 Å². The number of nitrogens with two attached hydrogens (primary N) is 6. The predicted molar refractivity (Wildman–Crippen MR) is 483 cm³/mol. The number of aromatic amines is 3. The Morgan fingerprint density at radius 1 is 0.353 bits per heavy atom. The molecule has 67 heteroatoms. The summed E-state index contributed by atoms with van der Waals surface area (Å²) in [5, 5.41) is 1.73. The van der Waals surface area contributed by atoms with Crippen LogP contribution in [-0.2, 0) is 154 Å². The minimum absolute atomic E-state index is 0.0114. The Labute approximate surface area is 776 Å². The number of pyridine rings is 3. The third-order valence-corrected chi connectivity index (χ3v) is 32.4. The monoisotopic (exact) mass is 2100 g/mol. The minimum atomic E-state index is -4.33. The van der Waals surface area contributed by atoms with E-state index in [1.165, 1.54) is 64.8 Å². The minimum Gasteiger partial charge on any atom is -0.398 e. The van der Waals surface area contributed by atoms with E-state index < -0.39 is 211 Å². The van der Waals surface area contributed by atoms with Crippen LogP contribution in [0.3, 0.4) is 0 Å². The quantitative estimate of drug-likeness (QED) is 0.0630. The normalized spacial score (nSPS) is 36.9. The lowest BCUT2D eigenvalue weighted by Gasteiger charge is -2.28. The number of nitrogens with zero attached hydrogens (tertiary/aromatic N) is 15. The molecule has 12 aromatic heterocycles. The summed E-state index contributed by atoms with van der Waals surface area (Å²) in [5.74, 6) is -0.525. The smallest absolute Gasteiger partial charge is 0.325 e. The number of nitrogens with one attached hydrogen (secondary N) is 3. The first-order valence-electron chi connectivity index (χ1n) is 39.3. The maximum Gasteiger partial charge on any atom is 0.325 e. The fourth-order valence-electron chi connectivity index (χ4n) is 16.4. The summed E-state index contributed by atoms with van der Waals surface area (Å²) in [5.41, 5.74) is 32.5. The van der Waals surface area contributed by atoms with E-state index in [1.807, 2.05) is 0 Å². The standard InChI is InChI=1S/C22H24F2N8O9P2S2.C22H25FN8O9P2S2.C22H25FN8O8P2S3/c23-12-10-5-36-42(34,44)40-15-11(39-20(13(15)24)31-4-2-8-9(25)1-3-27-17(8)31)6-37-43(35,45)41-16(12)21(38-10)32-7-28-14-18(32)29-22(26)30-19(14)33;23-14-16-13(38-21(14)30-4-2-10-11(24)1-3-26-17(10)30)7-36-41(33,43)39-12-5-9(6-35-42(34,44)40-16)37-20(12)31-8-27-15-18(31)28-22(25)29-19(15)32;23-14-16-13(37-21(14)30-4-2-10-11(24)1-3-26-17(10)30)7-35-41(43,44)38-12-5-9(6-34-40(33,42)39-16)36-20(12)31-8-27-15-18(31)28-22(25)29-19(15)32/h1-4,7,10-13,15-16,20-21H,5-6H2,(H2,25,27)(H,34,44)(H,35,45)(H3,26,29,30,33);1-4,8-9,12-14,16,20-21H,5-7H2,(H2,24,26)(H,33,43)(H,34,44)(H3,25,28,29,32);1-4,8-9,12-14,16,20-21H,5-7H2,(H2,24,26)(H,33,42)(H,43,44)(H3,25,28,29,32)/t10-,11-,12-,13+,15-,16-,20-,21-,42?,43?;9-,12+,13+,14-,16+,20+,21+,41?,42?;9-,12+,13+,14-,16+,20+,21+,40?/m100/s1. The summed E-state index contributed by atoms with van der Waals surface area (Å²) in [6, 6.07) is 9.80. The number of imidazole rings is 3. The molecule has 0 aliphatic carbocycles. The van der Waals surface area contributed by atoms with Crippen molar-refractivity contribution in [1.82, 2.24) is 87.2 Å². The van der Waals surface area contributed by atoms with Gasteiger partial charge in [0.25, 0.3) is 16.7 Å². The van der Waals surface area contributed by atoms with Crippen molar-refractivity contribution >= 4 is 224 Å². The summed E-state index contributed by atoms with van der Waals surface area (Å²) in [4.78, 5) is 136. The summed E-state index contributed by atoms with van der Waals surface area (Å²) < 4.78 is 177. The number of anilines is 6. The molecular formula is C66H74F4N24O26P6S7. The predicted octanol–water partition coefficient (Wildman–Crippen LogP) is 4.21. The highest BCUT2D eigenvalue weighted by molar-refractivity contribution is 8.60. The molecule has 0 radical (unpaired) electrons. The number of halogens is 4. The molecule has 6 unspecified atom stereocenters. The van der Waals surface area contributed by atoms with Crippen LogP contribution in [0.1, 0.15) is 50.2 Å². The number of hydrogen-bond donors (Lipinski definition) is 15. The Balaban J connectivity index is 0.000000129. The fourth-order valence-corrected chi connectivity index (χ4v) is 25.6. The number of alkyl halides is 4. The Hall–Kier alpha value is -7.03. The van der Waals surface area contributed by atoms with Gasteiger partial charge in [0.2, 0.25) is 23.5 Å². The van der Waals surface area contributed by atoms with Crippen LogP contribution in [0.5, 0.6) is 0 Å². The molecule has 21 rings (SSSR count). The van der Waals surface area contributed by atoms with Gasteiger partial charge in [-0.2, -0.15) is 15.0 Å². The average molecular weight is 2110 g/mol. The van der Waals surface area contributed by atoms with E-state index in [0.29, 0.717) is 50.2 Å². The zero-order chi connectivity index (χ0) is 93.8. The van der Waals surface area contributed by atoms with E-state index in [0.717, 1.165) is 6.33 Å². The molecule has 133 heavy (non-hydrogen) atoms. The zero-order valence-corrected chi connectivity index (χ0v) is 78.3. The first-order valence-corrected chi connectivity index (χ1v) is 56.1. The number of ether oxygens (including phenoxy) is 6. The maximum absolute atomic E-state index is 16.1. The summed E-state index contributed by atoms with van der Waals surface area (Å²) in [6.45, 7) is -23.5. The molecule has 6 bridgehead atoms. The second-order valence-electron chi connectivity index (χ2n) is 30.9. The van der Waals surface area contributed by atoms with Gasteiger partial charge in [0.15, 0.2) is 95.5 Å². The molecule has 0 spiro atoms. The van der Waals surface area contributed by atoms with E-state index in [9.17, 15) is 38.9 Å². The highest BCUT2D eigenvalue weighted by Crippen LogP contribution is 2.61. The Morgan fingerprint density at radius 2 is 0.662 bits per heavy atom. The molecule has 9 aliphatic heterocycles. The number of thiol groups is 1. The lowest BCUT2D eigenvalue weighted by atomic mass is 10.1. The van der Waals surface area contributed by atoms with Gasteiger partial charge in [-0.15, -0.1) is 0 Å². The SMILES string of the molecule is Nc1nc2c(ncn2[C@@H]2O[C@@H]3COP(O)(=S)O[C@H]4[C@H](F)[C@H](n5ccc6c(N)ccnc65)O[C@@H]4COP(=S)(S)O[C@@H]2C3)c(=O)[nH]1.Nc1nc2c(ncn2[C@@H]2O[C@@H]3COP(O)(=S)O[C@H]4[C@H](F)[C@H](n5ccc6c(N)ccnc65)O[C@@H]4COP(O)(=S)O[C@@H]2C3)c(=O)[nH]1.Nc1nc2c(ncn2[C@@H]2O[C@@H]3COP(O)(=S)O[C@H]4[C@H](F)[C@H](n5ccc6c(N)ccnc65)O[C@@H]4COP(O)(=S)O[C@@H]2[C@@H]3F)c(=O)[nH]1. The Bertz CT molecular complexity index is 6790. The maximum atomic E-state index is 16.1. The van der Waals surface area contributed by atoms with Crippen molar-refractivity contribution in [2.24, 2.45) is 0 Å². The fraction of sp³-hybridized carbons (Fsp3) is 0.455. The molecule has 50 nitrogen and oxygen atoms in total. The van der Waals surface area contributed by atoms with Crippen LogP contribution in [-0.4, -0.2) is 249 Å². The number of rotatable bonds is 6. The zero-order valence-electron chi connectivity index (χ0n) is 67.1. The van der Waals surface area contributed by atoms with E-state index in [-0.39, 0.29) is 84.0 Å². The van der Waals surface area contributed by atoms with Gasteiger partial charge < -0.3 is 137 Å². The first kappa shape index (κ1) is 94.9. The molecule has 12 aromatic rings. The summed E-state index contributed by atoms with van der Waals surface area (Å²) in [6.07, 6.45) is -16.4. The van der Waals surface area contributed by atoms with Gasteiger partial charge in [0.1, 0.15) is 78.0 Å². The Morgan fingerprint density at radius 3 is 1.03 bits per heavy atom. The van der Waals surface area contributed by atoms with E-state index in [2.05, 4.69) is 72.1 Å². The molecule has 9 aliphatic rings. The highest BCUT2D eigenvalue weighted by atomic mass is 32.9. The van der Waals surface area contributed by atoms with Crippen LogP contribution in [0, 0.1) is 0 Å². The van der Waals surface area contributed by atoms with Crippen molar-refractivity contribution in [3.8, 4) is 0 Å². The molecular weight excluding hydrogens is 2030 g/mol. The van der Waals surface area contributed by atoms with Crippen molar-refractivity contribution in [3.05, 3.63) is 124 Å². The highest BCUT2D eigenvalue weighted by Gasteiger charge is 2.57. The lowest BCUT2D eigenvalue weighted by molar-refractivity contribution is -0.0598. The molecule has 714 valence electrons.